The van der Waals surface area contributed by atoms with Crippen molar-refractivity contribution in [1.29, 1.82) is 0 Å². The first-order valence-corrected chi connectivity index (χ1v) is 15.1. The van der Waals surface area contributed by atoms with E-state index in [0.29, 0.717) is 11.1 Å². The molecule has 0 aliphatic heterocycles. The highest BCUT2D eigenvalue weighted by molar-refractivity contribution is 6.15. The number of nitrogens with one attached hydrogen (secondary N) is 2. The number of amides is 3. The van der Waals surface area contributed by atoms with Gasteiger partial charge in [-0.1, -0.05) is 73.9 Å². The summed E-state index contributed by atoms with van der Waals surface area (Å²) in [7, 11) is 0. The van der Waals surface area contributed by atoms with Crippen molar-refractivity contribution in [3.8, 4) is 5.75 Å². The highest BCUT2D eigenvalue weighted by atomic mass is 16.6. The molecule has 0 aromatic heterocycles. The van der Waals surface area contributed by atoms with Crippen LogP contribution in [0.3, 0.4) is 0 Å². The number of rotatable bonds is 10. The van der Waals surface area contributed by atoms with Gasteiger partial charge in [0.15, 0.2) is 5.78 Å². The molecular weight excluding hydrogens is 558 g/mol. The SMILES string of the molecule is CC(C)(C)OC(=O)N[C@@H](Cc1ccc(O)cc1)C(=O)N(CC(=O)NC1CCCCC1)c1ccccc1C(=O)c1ccccc1. The van der Waals surface area contributed by atoms with Crippen LogP contribution in [0.2, 0.25) is 0 Å². The molecule has 4 rings (SSSR count). The Kier molecular flexibility index (Phi) is 10.8. The number of aromatic hydroxyl groups is 1. The number of phenolic OH excluding ortho intramolecular Hbond substituents is 1. The molecule has 0 unspecified atom stereocenters. The maximum atomic E-state index is 14.5. The molecule has 44 heavy (non-hydrogen) atoms. The topological polar surface area (TPSA) is 125 Å². The van der Waals surface area contributed by atoms with Crippen molar-refractivity contribution in [3.63, 3.8) is 0 Å². The summed E-state index contributed by atoms with van der Waals surface area (Å²) in [5.41, 5.74) is 0.791. The lowest BCUT2D eigenvalue weighted by atomic mass is 9.95. The van der Waals surface area contributed by atoms with Crippen molar-refractivity contribution in [2.45, 2.75) is 77.0 Å². The third-order valence-corrected chi connectivity index (χ3v) is 7.38. The highest BCUT2D eigenvalue weighted by Crippen LogP contribution is 2.26. The van der Waals surface area contributed by atoms with Gasteiger partial charge in [-0.05, 0) is 63.4 Å². The normalized spacial score (nSPS) is 14.2. The molecule has 0 saturated heterocycles. The number of ether oxygens (including phenoxy) is 1. The zero-order valence-electron chi connectivity index (χ0n) is 25.5. The summed E-state index contributed by atoms with van der Waals surface area (Å²) in [6, 6.07) is 20.5. The Labute approximate surface area is 258 Å². The van der Waals surface area contributed by atoms with E-state index in [4.69, 9.17) is 4.74 Å². The molecule has 232 valence electrons. The van der Waals surface area contributed by atoms with Gasteiger partial charge < -0.3 is 25.4 Å². The summed E-state index contributed by atoms with van der Waals surface area (Å²) >= 11 is 0. The van der Waals surface area contributed by atoms with E-state index in [0.717, 1.165) is 32.1 Å². The number of alkyl carbamates (subject to hydrolysis) is 1. The van der Waals surface area contributed by atoms with Crippen LogP contribution in [0.15, 0.2) is 78.9 Å². The lowest BCUT2D eigenvalue weighted by molar-refractivity contribution is -0.125. The first kappa shape index (κ1) is 32.3. The second-order valence-corrected chi connectivity index (χ2v) is 12.1. The minimum Gasteiger partial charge on any atom is -0.508 e. The van der Waals surface area contributed by atoms with Crippen LogP contribution < -0.4 is 15.5 Å². The number of benzene rings is 3. The zero-order valence-corrected chi connectivity index (χ0v) is 25.5. The number of ketones is 1. The van der Waals surface area contributed by atoms with E-state index in [1.165, 1.54) is 17.0 Å². The number of nitrogens with zero attached hydrogens (tertiary/aromatic N) is 1. The Bertz CT molecular complexity index is 1440. The lowest BCUT2D eigenvalue weighted by Crippen LogP contribution is -2.54. The minimum absolute atomic E-state index is 0.0158. The van der Waals surface area contributed by atoms with E-state index < -0.39 is 23.6 Å². The van der Waals surface area contributed by atoms with Crippen LogP contribution in [-0.2, 0) is 20.7 Å². The third kappa shape index (κ3) is 9.17. The van der Waals surface area contributed by atoms with E-state index in [1.807, 2.05) is 6.07 Å². The van der Waals surface area contributed by atoms with Crippen molar-refractivity contribution in [3.05, 3.63) is 95.6 Å². The quantitative estimate of drug-likeness (QED) is 0.263. The predicted molar refractivity (Wildman–Crippen MR) is 169 cm³/mol. The summed E-state index contributed by atoms with van der Waals surface area (Å²) in [6.07, 6.45) is 4.16. The molecule has 1 atom stereocenters. The Hall–Kier alpha value is -4.66. The smallest absolute Gasteiger partial charge is 0.408 e. The van der Waals surface area contributed by atoms with Gasteiger partial charge >= 0.3 is 6.09 Å². The van der Waals surface area contributed by atoms with E-state index in [9.17, 15) is 24.3 Å². The van der Waals surface area contributed by atoms with Crippen molar-refractivity contribution in [2.75, 3.05) is 11.4 Å². The Balaban J connectivity index is 1.72. The molecule has 1 fully saturated rings. The molecular formula is C35H41N3O6. The summed E-state index contributed by atoms with van der Waals surface area (Å²) in [5, 5.41) is 15.5. The second-order valence-electron chi connectivity index (χ2n) is 12.1. The molecule has 9 heteroatoms. The van der Waals surface area contributed by atoms with Gasteiger partial charge in [0.1, 0.15) is 23.9 Å². The van der Waals surface area contributed by atoms with Crippen molar-refractivity contribution >= 4 is 29.4 Å². The van der Waals surface area contributed by atoms with E-state index in [1.54, 1.807) is 81.4 Å². The Morgan fingerprint density at radius 1 is 0.886 bits per heavy atom. The Morgan fingerprint density at radius 2 is 1.52 bits per heavy atom. The van der Waals surface area contributed by atoms with Crippen molar-refractivity contribution < 1.29 is 29.0 Å². The molecule has 0 radical (unpaired) electrons. The van der Waals surface area contributed by atoms with E-state index in [2.05, 4.69) is 10.6 Å². The predicted octanol–water partition coefficient (Wildman–Crippen LogP) is 5.54. The fourth-order valence-corrected chi connectivity index (χ4v) is 5.30. The van der Waals surface area contributed by atoms with E-state index >= 15 is 0 Å². The molecule has 3 amide bonds. The number of phenols is 1. The van der Waals surface area contributed by atoms with Gasteiger partial charge in [-0.3, -0.25) is 14.4 Å². The van der Waals surface area contributed by atoms with Gasteiger partial charge in [0, 0.05) is 23.6 Å². The van der Waals surface area contributed by atoms with Gasteiger partial charge in [-0.2, -0.15) is 0 Å². The number of carbonyl (C=O) groups is 4. The minimum atomic E-state index is -1.16. The van der Waals surface area contributed by atoms with Crippen LogP contribution in [0.4, 0.5) is 10.5 Å². The molecule has 3 aromatic carbocycles. The van der Waals surface area contributed by atoms with E-state index in [-0.39, 0.29) is 47.7 Å². The summed E-state index contributed by atoms with van der Waals surface area (Å²) in [4.78, 5) is 55.8. The largest absolute Gasteiger partial charge is 0.508 e. The number of anilines is 1. The van der Waals surface area contributed by atoms with Gasteiger partial charge in [-0.25, -0.2) is 4.79 Å². The first-order valence-electron chi connectivity index (χ1n) is 15.1. The van der Waals surface area contributed by atoms with Crippen molar-refractivity contribution in [1.82, 2.24) is 10.6 Å². The summed E-state index contributed by atoms with van der Waals surface area (Å²) < 4.78 is 5.47. The maximum absolute atomic E-state index is 14.5. The van der Waals surface area contributed by atoms with Crippen LogP contribution in [0.25, 0.3) is 0 Å². The van der Waals surface area contributed by atoms with Crippen molar-refractivity contribution in [2.24, 2.45) is 0 Å². The van der Waals surface area contributed by atoms with Gasteiger partial charge in [-0.15, -0.1) is 0 Å². The standard InChI is InChI=1S/C35H41N3O6/c1-35(2,3)44-34(43)37-29(22-24-18-20-27(39)21-19-24)33(42)38(23-31(40)36-26-14-8-5-9-15-26)30-17-11-10-16-28(30)32(41)25-12-6-4-7-13-25/h4,6-7,10-13,16-21,26,29,39H,5,8-9,14-15,22-23H2,1-3H3,(H,36,40)(H,37,43)/t29-/m0/s1. The summed E-state index contributed by atoms with van der Waals surface area (Å²) in [6.45, 7) is 4.81. The van der Waals surface area contributed by atoms with Gasteiger partial charge in [0.25, 0.3) is 5.91 Å². The molecule has 1 aliphatic rings. The monoisotopic (exact) mass is 599 g/mol. The number of carbonyl (C=O) groups excluding carboxylic acids is 4. The zero-order chi connectivity index (χ0) is 31.7. The molecule has 9 nitrogen and oxygen atoms in total. The Morgan fingerprint density at radius 3 is 2.18 bits per heavy atom. The second kappa shape index (κ2) is 14.7. The first-order chi connectivity index (χ1) is 21.0. The summed E-state index contributed by atoms with van der Waals surface area (Å²) in [5.74, 6) is -1.18. The maximum Gasteiger partial charge on any atom is 0.408 e. The van der Waals surface area contributed by atoms with Crippen LogP contribution in [0, 0.1) is 0 Å². The number of para-hydroxylation sites is 1. The molecule has 3 N–H and O–H groups in total. The number of hydrogen-bond acceptors (Lipinski definition) is 6. The fraction of sp³-hybridized carbons (Fsp3) is 0.371. The average Bonchev–Trinajstić information content (AvgIpc) is 3.00. The van der Waals surface area contributed by atoms with Gasteiger partial charge in [0.2, 0.25) is 5.91 Å². The molecule has 0 heterocycles. The fourth-order valence-electron chi connectivity index (χ4n) is 5.30. The van der Waals surface area contributed by atoms with Crippen LogP contribution >= 0.6 is 0 Å². The molecule has 1 saturated carbocycles. The van der Waals surface area contributed by atoms with Gasteiger partial charge in [0.05, 0.1) is 5.69 Å². The average molecular weight is 600 g/mol. The molecule has 1 aliphatic carbocycles. The molecule has 0 spiro atoms. The number of hydrogen-bond donors (Lipinski definition) is 3. The molecule has 3 aromatic rings. The lowest BCUT2D eigenvalue weighted by Gasteiger charge is -2.31. The van der Waals surface area contributed by atoms with Crippen LogP contribution in [-0.4, -0.2) is 53.0 Å². The van der Waals surface area contributed by atoms with Crippen LogP contribution in [0.1, 0.15) is 74.4 Å². The third-order valence-electron chi connectivity index (χ3n) is 7.38. The highest BCUT2D eigenvalue weighted by Gasteiger charge is 2.33. The molecule has 0 bridgehead atoms. The van der Waals surface area contributed by atoms with Crippen LogP contribution in [0.5, 0.6) is 5.75 Å².